The van der Waals surface area contributed by atoms with Crippen LogP contribution >= 0.6 is 22.9 Å². The Balaban J connectivity index is 1.66. The highest BCUT2D eigenvalue weighted by atomic mass is 35.5. The van der Waals surface area contributed by atoms with Gasteiger partial charge in [0.2, 0.25) is 0 Å². The number of thiazole rings is 1. The van der Waals surface area contributed by atoms with Crippen molar-refractivity contribution >= 4 is 28.7 Å². The number of nitrogens with zero attached hydrogens (tertiary/aromatic N) is 1. The maximum absolute atomic E-state index is 11.1. The third-order valence-corrected chi connectivity index (χ3v) is 4.26. The molecular formula is C15H12ClNO2S. The van der Waals surface area contributed by atoms with E-state index in [1.807, 2.05) is 30.5 Å². The van der Waals surface area contributed by atoms with Gasteiger partial charge in [0.05, 0.1) is 4.88 Å². The van der Waals surface area contributed by atoms with Crippen LogP contribution in [0.5, 0.6) is 0 Å². The van der Waals surface area contributed by atoms with Gasteiger partial charge in [0.25, 0.3) is 0 Å². The van der Waals surface area contributed by atoms with Gasteiger partial charge in [-0.1, -0.05) is 23.7 Å². The van der Waals surface area contributed by atoms with Crippen molar-refractivity contribution in [2.75, 3.05) is 0 Å². The summed E-state index contributed by atoms with van der Waals surface area (Å²) < 4.78 is 5.62. The molecular weight excluding hydrogens is 294 g/mol. The molecule has 0 bridgehead atoms. The van der Waals surface area contributed by atoms with E-state index in [1.165, 1.54) is 0 Å². The van der Waals surface area contributed by atoms with E-state index in [4.69, 9.17) is 16.3 Å². The van der Waals surface area contributed by atoms with Crippen LogP contribution in [-0.2, 0) is 16.1 Å². The summed E-state index contributed by atoms with van der Waals surface area (Å²) in [6.45, 7) is 0.463. The summed E-state index contributed by atoms with van der Waals surface area (Å²) in [6, 6.07) is 7.60. The maximum Gasteiger partial charge on any atom is 0.159 e. The van der Waals surface area contributed by atoms with Crippen molar-refractivity contribution in [1.82, 2.24) is 4.98 Å². The van der Waals surface area contributed by atoms with Gasteiger partial charge in [-0.15, -0.1) is 11.3 Å². The summed E-state index contributed by atoms with van der Waals surface area (Å²) in [4.78, 5) is 16.5. The number of hydrogen-bond donors (Lipinski definition) is 0. The highest BCUT2D eigenvalue weighted by Crippen LogP contribution is 2.27. The Hall–Kier alpha value is -1.65. The fourth-order valence-corrected chi connectivity index (χ4v) is 2.91. The van der Waals surface area contributed by atoms with Gasteiger partial charge in [-0.25, -0.2) is 4.98 Å². The smallest absolute Gasteiger partial charge is 0.159 e. The number of ketones is 1. The van der Waals surface area contributed by atoms with Crippen molar-refractivity contribution in [3.63, 3.8) is 0 Å². The Labute approximate surface area is 125 Å². The lowest BCUT2D eigenvalue weighted by atomic mass is 10.2. The molecule has 1 aromatic carbocycles. The van der Waals surface area contributed by atoms with Crippen LogP contribution in [0.3, 0.4) is 0 Å². The standard InChI is InChI=1S/C15H12ClNO2S/c16-11-3-1-10(2-4-11)15-17-8-14(20-15)9-19-13-6-5-12(18)7-13/h1-4,7-8H,5-6,9H2. The molecule has 0 amide bonds. The first-order chi connectivity index (χ1) is 9.70. The normalized spacial score (nSPS) is 14.4. The van der Waals surface area contributed by atoms with E-state index >= 15 is 0 Å². The minimum Gasteiger partial charge on any atom is -0.492 e. The van der Waals surface area contributed by atoms with Crippen LogP contribution in [0.25, 0.3) is 10.6 Å². The van der Waals surface area contributed by atoms with Crippen LogP contribution in [0.4, 0.5) is 0 Å². The van der Waals surface area contributed by atoms with Gasteiger partial charge in [0, 0.05) is 35.7 Å². The molecule has 20 heavy (non-hydrogen) atoms. The van der Waals surface area contributed by atoms with Crippen molar-refractivity contribution in [2.45, 2.75) is 19.4 Å². The Kier molecular flexibility index (Phi) is 3.85. The summed E-state index contributed by atoms with van der Waals surface area (Å²) in [6.07, 6.45) is 4.67. The number of carbonyl (C=O) groups is 1. The van der Waals surface area contributed by atoms with Gasteiger partial charge >= 0.3 is 0 Å². The van der Waals surface area contributed by atoms with E-state index in [0.717, 1.165) is 21.2 Å². The molecule has 1 aromatic heterocycles. The molecule has 2 aromatic rings. The molecule has 1 heterocycles. The number of rotatable bonds is 4. The summed E-state index contributed by atoms with van der Waals surface area (Å²) in [5.74, 6) is 0.919. The SMILES string of the molecule is O=C1C=C(OCc2cnc(-c3ccc(Cl)cc3)s2)CC1. The highest BCUT2D eigenvalue weighted by molar-refractivity contribution is 7.15. The van der Waals surface area contributed by atoms with Gasteiger partial charge in [-0.3, -0.25) is 4.79 Å². The molecule has 0 spiro atoms. The van der Waals surface area contributed by atoms with E-state index in [9.17, 15) is 4.79 Å². The van der Waals surface area contributed by atoms with Crippen LogP contribution in [-0.4, -0.2) is 10.8 Å². The molecule has 1 aliphatic rings. The molecule has 0 aliphatic heterocycles. The Bertz CT molecular complexity index is 661. The molecule has 0 radical (unpaired) electrons. The topological polar surface area (TPSA) is 39.2 Å². The van der Waals surface area contributed by atoms with Crippen molar-refractivity contribution in [3.8, 4) is 10.6 Å². The maximum atomic E-state index is 11.1. The molecule has 0 atom stereocenters. The number of allylic oxidation sites excluding steroid dienone is 2. The van der Waals surface area contributed by atoms with Gasteiger partial charge in [0.15, 0.2) is 5.78 Å². The predicted molar refractivity (Wildman–Crippen MR) is 79.7 cm³/mol. The van der Waals surface area contributed by atoms with Gasteiger partial charge in [-0.05, 0) is 12.1 Å². The summed E-state index contributed by atoms with van der Waals surface area (Å²) in [7, 11) is 0. The van der Waals surface area contributed by atoms with Gasteiger partial charge in [-0.2, -0.15) is 0 Å². The fraction of sp³-hybridized carbons (Fsp3) is 0.200. The Morgan fingerprint density at radius 2 is 2.05 bits per heavy atom. The number of aromatic nitrogens is 1. The lowest BCUT2D eigenvalue weighted by Gasteiger charge is -2.03. The minimum absolute atomic E-state index is 0.145. The Morgan fingerprint density at radius 1 is 1.25 bits per heavy atom. The van der Waals surface area contributed by atoms with E-state index in [2.05, 4.69) is 4.98 Å². The molecule has 0 saturated carbocycles. The van der Waals surface area contributed by atoms with Crippen LogP contribution in [0.1, 0.15) is 17.7 Å². The first kappa shape index (κ1) is 13.3. The first-order valence-corrected chi connectivity index (χ1v) is 7.47. The van der Waals surface area contributed by atoms with Crippen LogP contribution < -0.4 is 0 Å². The number of halogens is 1. The molecule has 5 heteroatoms. The Morgan fingerprint density at radius 3 is 2.75 bits per heavy atom. The molecule has 1 aliphatic carbocycles. The first-order valence-electron chi connectivity index (χ1n) is 6.27. The van der Waals surface area contributed by atoms with Crippen molar-refractivity contribution in [3.05, 3.63) is 52.2 Å². The fourth-order valence-electron chi connectivity index (χ4n) is 1.95. The molecule has 0 saturated heterocycles. The van der Waals surface area contributed by atoms with E-state index < -0.39 is 0 Å². The van der Waals surface area contributed by atoms with Crippen molar-refractivity contribution < 1.29 is 9.53 Å². The second-order valence-electron chi connectivity index (χ2n) is 4.50. The van der Waals surface area contributed by atoms with E-state index in [1.54, 1.807) is 17.4 Å². The zero-order chi connectivity index (χ0) is 13.9. The summed E-state index contributed by atoms with van der Waals surface area (Å²) in [5, 5.41) is 1.66. The van der Waals surface area contributed by atoms with Crippen LogP contribution in [0.2, 0.25) is 5.02 Å². The quantitative estimate of drug-likeness (QED) is 0.848. The lowest BCUT2D eigenvalue weighted by molar-refractivity contribution is -0.114. The average Bonchev–Trinajstić information content (AvgIpc) is 3.06. The predicted octanol–water partition coefficient (Wildman–Crippen LogP) is 4.23. The molecule has 3 rings (SSSR count). The number of hydrogen-bond acceptors (Lipinski definition) is 4. The summed E-state index contributed by atoms with van der Waals surface area (Å²) in [5.41, 5.74) is 1.04. The molecule has 0 fully saturated rings. The molecule has 102 valence electrons. The van der Waals surface area contributed by atoms with Crippen molar-refractivity contribution in [2.24, 2.45) is 0 Å². The summed E-state index contributed by atoms with van der Waals surface area (Å²) >= 11 is 7.45. The zero-order valence-electron chi connectivity index (χ0n) is 10.6. The number of carbonyl (C=O) groups excluding carboxylic acids is 1. The van der Waals surface area contributed by atoms with E-state index in [-0.39, 0.29) is 5.78 Å². The molecule has 0 N–H and O–H groups in total. The number of ether oxygens (including phenoxy) is 1. The van der Waals surface area contributed by atoms with Crippen LogP contribution in [0, 0.1) is 0 Å². The third-order valence-electron chi connectivity index (χ3n) is 2.98. The monoisotopic (exact) mass is 305 g/mol. The number of benzene rings is 1. The highest BCUT2D eigenvalue weighted by Gasteiger charge is 2.13. The zero-order valence-corrected chi connectivity index (χ0v) is 12.2. The van der Waals surface area contributed by atoms with Crippen molar-refractivity contribution in [1.29, 1.82) is 0 Å². The van der Waals surface area contributed by atoms with Gasteiger partial charge < -0.3 is 4.74 Å². The molecule has 0 unspecified atom stereocenters. The third kappa shape index (κ3) is 3.08. The van der Waals surface area contributed by atoms with Gasteiger partial charge in [0.1, 0.15) is 17.4 Å². The minimum atomic E-state index is 0.145. The molecule has 3 nitrogen and oxygen atoms in total. The largest absolute Gasteiger partial charge is 0.492 e. The second kappa shape index (κ2) is 5.77. The second-order valence-corrected chi connectivity index (χ2v) is 6.06. The van der Waals surface area contributed by atoms with E-state index in [0.29, 0.717) is 24.5 Å². The lowest BCUT2D eigenvalue weighted by Crippen LogP contribution is -1.88. The van der Waals surface area contributed by atoms with Crippen LogP contribution in [0.15, 0.2) is 42.3 Å². The average molecular weight is 306 g/mol.